The first kappa shape index (κ1) is 15.6. The average molecular weight is 321 g/mol. The molecule has 1 saturated carbocycles. The summed E-state index contributed by atoms with van der Waals surface area (Å²) in [6, 6.07) is 2.50. The van der Waals surface area contributed by atoms with E-state index in [1.165, 1.54) is 18.2 Å². The van der Waals surface area contributed by atoms with Gasteiger partial charge >= 0.3 is 12.2 Å². The van der Waals surface area contributed by atoms with E-state index in [4.69, 9.17) is 17.3 Å². The third kappa shape index (κ3) is 3.87. The van der Waals surface area contributed by atoms with E-state index in [2.05, 4.69) is 0 Å². The van der Waals surface area contributed by atoms with Crippen LogP contribution in [0.1, 0.15) is 23.2 Å². The zero-order valence-electron chi connectivity index (χ0n) is 10.8. The summed E-state index contributed by atoms with van der Waals surface area (Å²) in [6.45, 7) is -1.56. The molecule has 8 heteroatoms. The first-order valence-corrected chi connectivity index (χ1v) is 6.54. The van der Waals surface area contributed by atoms with E-state index in [1.807, 2.05) is 0 Å². The fourth-order valence-corrected chi connectivity index (χ4v) is 2.14. The monoisotopic (exact) mass is 320 g/mol. The molecular weight excluding hydrogens is 309 g/mol. The lowest BCUT2D eigenvalue weighted by molar-refractivity contribution is -0.118. The van der Waals surface area contributed by atoms with Crippen molar-refractivity contribution >= 4 is 29.1 Å². The maximum atomic E-state index is 12.6. The lowest BCUT2D eigenvalue weighted by atomic mass is 10.0. The Kier molecular flexibility index (Phi) is 4.13. The number of nitrogens with two attached hydrogens (primary N) is 1. The summed E-state index contributed by atoms with van der Waals surface area (Å²) in [6.07, 6.45) is -3.27. The molecule has 2 N–H and O–H groups in total. The SMILES string of the molecule is NC(=O)N(CC(F)(F)F)c1ccc(Cl)cc1C(=O)C1CC1. The summed E-state index contributed by atoms with van der Waals surface area (Å²) in [7, 11) is 0. The highest BCUT2D eigenvalue weighted by molar-refractivity contribution is 6.31. The fraction of sp³-hybridized carbons (Fsp3) is 0.385. The van der Waals surface area contributed by atoms with Crippen molar-refractivity contribution in [3.05, 3.63) is 28.8 Å². The highest BCUT2D eigenvalue weighted by Gasteiger charge is 2.37. The molecule has 0 radical (unpaired) electrons. The van der Waals surface area contributed by atoms with Crippen molar-refractivity contribution in [2.45, 2.75) is 19.0 Å². The van der Waals surface area contributed by atoms with Crippen LogP contribution in [0.2, 0.25) is 5.02 Å². The van der Waals surface area contributed by atoms with E-state index in [9.17, 15) is 22.8 Å². The number of primary amides is 1. The minimum absolute atomic E-state index is 0.00644. The first-order chi connectivity index (χ1) is 9.69. The molecule has 0 bridgehead atoms. The van der Waals surface area contributed by atoms with Gasteiger partial charge in [0.1, 0.15) is 6.54 Å². The summed E-state index contributed by atoms with van der Waals surface area (Å²) >= 11 is 5.79. The lowest BCUT2D eigenvalue weighted by Gasteiger charge is -2.24. The standard InChI is InChI=1S/C13H12ClF3N2O2/c14-8-3-4-10(9(5-8)11(20)7-1-2-7)19(12(18)21)6-13(15,16)17/h3-5,7H,1-2,6H2,(H2,18,21). The van der Waals surface area contributed by atoms with Gasteiger partial charge in [-0.25, -0.2) is 4.79 Å². The van der Waals surface area contributed by atoms with E-state index >= 15 is 0 Å². The largest absolute Gasteiger partial charge is 0.406 e. The van der Waals surface area contributed by atoms with Crippen LogP contribution < -0.4 is 10.6 Å². The topological polar surface area (TPSA) is 63.4 Å². The van der Waals surface area contributed by atoms with Crippen molar-refractivity contribution in [3.63, 3.8) is 0 Å². The molecule has 0 spiro atoms. The second-order valence-electron chi connectivity index (χ2n) is 4.84. The van der Waals surface area contributed by atoms with Gasteiger partial charge in [0, 0.05) is 16.5 Å². The van der Waals surface area contributed by atoms with E-state index in [0.717, 1.165) is 0 Å². The number of hydrogen-bond acceptors (Lipinski definition) is 2. The summed E-state index contributed by atoms with van der Waals surface area (Å²) in [4.78, 5) is 23.8. The molecule has 2 rings (SSSR count). The summed E-state index contributed by atoms with van der Waals surface area (Å²) in [5.41, 5.74) is 4.85. The second kappa shape index (κ2) is 5.55. The van der Waals surface area contributed by atoms with Crippen LogP contribution in [0, 0.1) is 5.92 Å². The van der Waals surface area contributed by atoms with Crippen LogP contribution in [-0.4, -0.2) is 24.5 Å². The Morgan fingerprint density at radius 2 is 1.95 bits per heavy atom. The van der Waals surface area contributed by atoms with Crippen molar-refractivity contribution in [1.82, 2.24) is 0 Å². The van der Waals surface area contributed by atoms with Crippen LogP contribution in [0.5, 0.6) is 0 Å². The summed E-state index contributed by atoms with van der Waals surface area (Å²) in [5.74, 6) is -0.538. The number of carbonyl (C=O) groups excluding carboxylic acids is 2. The number of Topliss-reactive ketones (excluding diaryl/α,β-unsaturated/α-hetero) is 1. The molecule has 0 saturated heterocycles. The first-order valence-electron chi connectivity index (χ1n) is 6.16. The molecular formula is C13H12ClF3N2O2. The minimum atomic E-state index is -4.63. The Morgan fingerprint density at radius 1 is 1.33 bits per heavy atom. The number of alkyl halides is 3. The molecule has 1 aliphatic carbocycles. The van der Waals surface area contributed by atoms with Crippen molar-refractivity contribution in [2.24, 2.45) is 11.7 Å². The van der Waals surface area contributed by atoms with E-state index < -0.39 is 18.8 Å². The van der Waals surface area contributed by atoms with E-state index in [-0.39, 0.29) is 28.0 Å². The average Bonchev–Trinajstić information content (AvgIpc) is 3.18. The fourth-order valence-electron chi connectivity index (χ4n) is 1.97. The van der Waals surface area contributed by atoms with Gasteiger partial charge in [0.05, 0.1) is 5.69 Å². The number of urea groups is 1. The van der Waals surface area contributed by atoms with Gasteiger partial charge in [0.25, 0.3) is 0 Å². The predicted molar refractivity (Wildman–Crippen MR) is 71.5 cm³/mol. The minimum Gasteiger partial charge on any atom is -0.351 e. The van der Waals surface area contributed by atoms with Crippen molar-refractivity contribution in [1.29, 1.82) is 0 Å². The lowest BCUT2D eigenvalue weighted by Crippen LogP contribution is -2.43. The third-order valence-electron chi connectivity index (χ3n) is 3.07. The van der Waals surface area contributed by atoms with Gasteiger partial charge in [-0.1, -0.05) is 11.6 Å². The maximum Gasteiger partial charge on any atom is 0.406 e. The zero-order chi connectivity index (χ0) is 15.8. The van der Waals surface area contributed by atoms with Gasteiger partial charge in [-0.15, -0.1) is 0 Å². The predicted octanol–water partition coefficient (Wildman–Crippen LogP) is 3.38. The molecule has 0 heterocycles. The van der Waals surface area contributed by atoms with Gasteiger partial charge in [-0.2, -0.15) is 13.2 Å². The third-order valence-corrected chi connectivity index (χ3v) is 3.30. The number of anilines is 1. The number of nitrogens with zero attached hydrogens (tertiary/aromatic N) is 1. The molecule has 0 aromatic heterocycles. The summed E-state index contributed by atoms with van der Waals surface area (Å²) in [5, 5.41) is 0.208. The van der Waals surface area contributed by atoms with Crippen molar-refractivity contribution < 1.29 is 22.8 Å². The van der Waals surface area contributed by atoms with Crippen LogP contribution in [0.25, 0.3) is 0 Å². The Hall–Kier alpha value is -1.76. The molecule has 1 aromatic carbocycles. The van der Waals surface area contributed by atoms with Gasteiger partial charge in [-0.3, -0.25) is 9.69 Å². The molecule has 2 amide bonds. The smallest absolute Gasteiger partial charge is 0.351 e. The van der Waals surface area contributed by atoms with Crippen LogP contribution in [0.15, 0.2) is 18.2 Å². The van der Waals surface area contributed by atoms with Gasteiger partial charge in [-0.05, 0) is 31.0 Å². The zero-order valence-corrected chi connectivity index (χ0v) is 11.5. The number of ketones is 1. The molecule has 21 heavy (non-hydrogen) atoms. The Morgan fingerprint density at radius 3 is 2.43 bits per heavy atom. The highest BCUT2D eigenvalue weighted by Crippen LogP contribution is 2.37. The van der Waals surface area contributed by atoms with Crippen LogP contribution in [0.3, 0.4) is 0 Å². The molecule has 1 aromatic rings. The van der Waals surface area contributed by atoms with Crippen LogP contribution in [0.4, 0.5) is 23.7 Å². The molecule has 114 valence electrons. The molecule has 0 aliphatic heterocycles. The summed E-state index contributed by atoms with van der Waals surface area (Å²) < 4.78 is 37.7. The molecule has 4 nitrogen and oxygen atoms in total. The normalized spacial score (nSPS) is 14.9. The van der Waals surface area contributed by atoms with Crippen molar-refractivity contribution in [3.8, 4) is 0 Å². The number of hydrogen-bond donors (Lipinski definition) is 1. The number of benzene rings is 1. The van der Waals surface area contributed by atoms with Gasteiger partial charge in [0.2, 0.25) is 0 Å². The Bertz CT molecular complexity index is 585. The van der Waals surface area contributed by atoms with E-state index in [1.54, 1.807) is 0 Å². The quantitative estimate of drug-likeness (QED) is 0.864. The van der Waals surface area contributed by atoms with E-state index in [0.29, 0.717) is 17.7 Å². The Labute approximate surface area is 123 Å². The maximum absolute atomic E-state index is 12.6. The van der Waals surface area contributed by atoms with Crippen molar-refractivity contribution in [2.75, 3.05) is 11.4 Å². The highest BCUT2D eigenvalue weighted by atomic mass is 35.5. The Balaban J connectivity index is 2.44. The number of halogens is 4. The molecule has 0 atom stereocenters. The number of carbonyl (C=O) groups is 2. The molecule has 1 fully saturated rings. The second-order valence-corrected chi connectivity index (χ2v) is 5.28. The molecule has 0 unspecified atom stereocenters. The number of amides is 2. The number of rotatable bonds is 4. The van der Waals surface area contributed by atoms with Gasteiger partial charge in [0.15, 0.2) is 5.78 Å². The molecule has 1 aliphatic rings. The van der Waals surface area contributed by atoms with Crippen LogP contribution >= 0.6 is 11.6 Å². The van der Waals surface area contributed by atoms with Gasteiger partial charge < -0.3 is 5.73 Å². The van der Waals surface area contributed by atoms with Crippen LogP contribution in [-0.2, 0) is 0 Å².